The van der Waals surface area contributed by atoms with Gasteiger partial charge in [0.2, 0.25) is 5.95 Å². The normalized spacial score (nSPS) is 12.7. The highest BCUT2D eigenvalue weighted by Crippen LogP contribution is 2.19. The lowest BCUT2D eigenvalue weighted by atomic mass is 10.2. The fourth-order valence-electron chi connectivity index (χ4n) is 2.06. The first-order valence-corrected chi connectivity index (χ1v) is 7.06. The third kappa shape index (κ3) is 4.69. The van der Waals surface area contributed by atoms with Gasteiger partial charge < -0.3 is 14.6 Å². The van der Waals surface area contributed by atoms with Crippen molar-refractivity contribution in [3.63, 3.8) is 0 Å². The molecule has 1 aromatic heterocycles. The Kier molecular flexibility index (Phi) is 6.80. The number of imidazole rings is 1. The largest absolute Gasteiger partial charge is 0.382 e. The first kappa shape index (κ1) is 15.0. The lowest BCUT2D eigenvalue weighted by molar-refractivity contribution is 0.147. The molecule has 104 valence electrons. The molecule has 0 amide bonds. The van der Waals surface area contributed by atoms with E-state index in [1.165, 1.54) is 12.8 Å². The van der Waals surface area contributed by atoms with Crippen LogP contribution in [-0.2, 0) is 4.74 Å². The summed E-state index contributed by atoms with van der Waals surface area (Å²) in [6, 6.07) is 0.505. The van der Waals surface area contributed by atoms with Crippen molar-refractivity contribution in [1.29, 1.82) is 0 Å². The molecule has 0 fully saturated rings. The van der Waals surface area contributed by atoms with Gasteiger partial charge in [-0.25, -0.2) is 4.98 Å². The third-order valence-corrected chi connectivity index (χ3v) is 2.99. The van der Waals surface area contributed by atoms with Crippen LogP contribution in [0, 0.1) is 6.92 Å². The van der Waals surface area contributed by atoms with Gasteiger partial charge in [-0.05, 0) is 33.6 Å². The van der Waals surface area contributed by atoms with Crippen molar-refractivity contribution >= 4 is 5.95 Å². The summed E-state index contributed by atoms with van der Waals surface area (Å²) < 4.78 is 7.58. The molecule has 0 bridgehead atoms. The van der Waals surface area contributed by atoms with Gasteiger partial charge in [0, 0.05) is 32.0 Å². The van der Waals surface area contributed by atoms with Crippen molar-refractivity contribution < 1.29 is 4.74 Å². The van der Waals surface area contributed by atoms with Crippen LogP contribution in [0.2, 0.25) is 0 Å². The number of hydrogen-bond donors (Lipinski definition) is 1. The van der Waals surface area contributed by atoms with Crippen molar-refractivity contribution in [2.45, 2.75) is 53.0 Å². The van der Waals surface area contributed by atoms with E-state index in [-0.39, 0.29) is 0 Å². The summed E-state index contributed by atoms with van der Waals surface area (Å²) in [4.78, 5) is 4.54. The highest BCUT2D eigenvalue weighted by Gasteiger charge is 2.10. The Morgan fingerprint density at radius 2 is 2.22 bits per heavy atom. The molecule has 4 nitrogen and oxygen atoms in total. The molecule has 1 unspecified atom stereocenters. The number of anilines is 1. The zero-order chi connectivity index (χ0) is 13.4. The number of hydrogen-bond acceptors (Lipinski definition) is 3. The molecule has 1 aromatic rings. The van der Waals surface area contributed by atoms with Crippen LogP contribution in [0.3, 0.4) is 0 Å². The Balaban J connectivity index is 2.48. The van der Waals surface area contributed by atoms with Gasteiger partial charge in [-0.2, -0.15) is 0 Å². The molecule has 0 aromatic carbocycles. The van der Waals surface area contributed by atoms with Gasteiger partial charge in [-0.1, -0.05) is 13.3 Å². The number of ether oxygens (including phenoxy) is 1. The molecule has 0 aliphatic carbocycles. The first-order valence-electron chi connectivity index (χ1n) is 7.06. The number of nitrogens with one attached hydrogen (secondary N) is 1. The molecule has 1 heterocycles. The van der Waals surface area contributed by atoms with Crippen molar-refractivity contribution in [3.05, 3.63) is 11.9 Å². The number of rotatable bonds is 9. The first-order chi connectivity index (χ1) is 8.69. The quantitative estimate of drug-likeness (QED) is 0.686. The van der Waals surface area contributed by atoms with E-state index in [2.05, 4.69) is 34.9 Å². The summed E-state index contributed by atoms with van der Waals surface area (Å²) in [5.41, 5.74) is 1.07. The van der Waals surface area contributed by atoms with Gasteiger partial charge in [-0.15, -0.1) is 0 Å². The van der Waals surface area contributed by atoms with Gasteiger partial charge in [0.1, 0.15) is 0 Å². The van der Waals surface area contributed by atoms with Crippen LogP contribution in [0.5, 0.6) is 0 Å². The summed E-state index contributed by atoms with van der Waals surface area (Å²) >= 11 is 0. The zero-order valence-corrected chi connectivity index (χ0v) is 12.2. The maximum atomic E-state index is 5.33. The van der Waals surface area contributed by atoms with E-state index in [4.69, 9.17) is 4.74 Å². The van der Waals surface area contributed by atoms with Crippen LogP contribution >= 0.6 is 0 Å². The van der Waals surface area contributed by atoms with Crippen LogP contribution in [0.15, 0.2) is 6.20 Å². The minimum Gasteiger partial charge on any atom is -0.382 e. The Morgan fingerprint density at radius 1 is 1.44 bits per heavy atom. The van der Waals surface area contributed by atoms with E-state index in [1.807, 2.05) is 13.8 Å². The van der Waals surface area contributed by atoms with Crippen LogP contribution in [-0.4, -0.2) is 29.3 Å². The average Bonchev–Trinajstić information content (AvgIpc) is 2.71. The standard InChI is InChI=1S/C14H27N3O/c1-5-8-13(4)17-11-12(3)16-14(17)15-9-7-10-18-6-2/h11,13H,5-10H2,1-4H3,(H,15,16). The minimum atomic E-state index is 0.505. The van der Waals surface area contributed by atoms with Crippen molar-refractivity contribution in [3.8, 4) is 0 Å². The van der Waals surface area contributed by atoms with E-state index >= 15 is 0 Å². The maximum absolute atomic E-state index is 5.33. The van der Waals surface area contributed by atoms with E-state index in [9.17, 15) is 0 Å². The monoisotopic (exact) mass is 253 g/mol. The highest BCUT2D eigenvalue weighted by atomic mass is 16.5. The minimum absolute atomic E-state index is 0.505. The second-order valence-electron chi connectivity index (χ2n) is 4.73. The molecule has 1 rings (SSSR count). The Bertz CT molecular complexity index is 336. The highest BCUT2D eigenvalue weighted by molar-refractivity contribution is 5.29. The van der Waals surface area contributed by atoms with E-state index in [0.717, 1.165) is 37.8 Å². The molecule has 0 saturated carbocycles. The van der Waals surface area contributed by atoms with Crippen LogP contribution in [0.1, 0.15) is 51.8 Å². The SMILES string of the molecule is CCCC(C)n1cc(C)nc1NCCCOCC. The maximum Gasteiger partial charge on any atom is 0.203 e. The predicted octanol–water partition coefficient (Wildman–Crippen LogP) is 3.39. The number of aryl methyl sites for hydroxylation is 1. The fraction of sp³-hybridized carbons (Fsp3) is 0.786. The van der Waals surface area contributed by atoms with Crippen LogP contribution in [0.4, 0.5) is 5.95 Å². The summed E-state index contributed by atoms with van der Waals surface area (Å²) in [5, 5.41) is 3.40. The molecule has 0 aliphatic heterocycles. The molecule has 0 spiro atoms. The molecule has 18 heavy (non-hydrogen) atoms. The summed E-state index contributed by atoms with van der Waals surface area (Å²) in [5.74, 6) is 0.991. The van der Waals surface area contributed by atoms with Crippen molar-refractivity contribution in [2.75, 3.05) is 25.1 Å². The molecular formula is C14H27N3O. The van der Waals surface area contributed by atoms with Crippen LogP contribution in [0.25, 0.3) is 0 Å². The summed E-state index contributed by atoms with van der Waals surface area (Å²) in [7, 11) is 0. The molecular weight excluding hydrogens is 226 g/mol. The molecule has 1 atom stereocenters. The Hall–Kier alpha value is -1.03. The van der Waals surface area contributed by atoms with E-state index in [0.29, 0.717) is 6.04 Å². The van der Waals surface area contributed by atoms with Gasteiger partial charge in [0.25, 0.3) is 0 Å². The second kappa shape index (κ2) is 8.14. The van der Waals surface area contributed by atoms with E-state index < -0.39 is 0 Å². The van der Waals surface area contributed by atoms with Gasteiger partial charge in [0.15, 0.2) is 0 Å². The molecule has 0 saturated heterocycles. The predicted molar refractivity (Wildman–Crippen MR) is 76.2 cm³/mol. The summed E-state index contributed by atoms with van der Waals surface area (Å²) in [6.45, 7) is 11.0. The second-order valence-corrected chi connectivity index (χ2v) is 4.73. The smallest absolute Gasteiger partial charge is 0.203 e. The Labute approximate surface area is 111 Å². The Morgan fingerprint density at radius 3 is 2.89 bits per heavy atom. The van der Waals surface area contributed by atoms with Crippen molar-refractivity contribution in [1.82, 2.24) is 9.55 Å². The number of aromatic nitrogens is 2. The zero-order valence-electron chi connectivity index (χ0n) is 12.2. The molecule has 0 radical (unpaired) electrons. The lowest BCUT2D eigenvalue weighted by Crippen LogP contribution is -2.13. The molecule has 0 aliphatic rings. The molecule has 4 heteroatoms. The molecule has 1 N–H and O–H groups in total. The van der Waals surface area contributed by atoms with Gasteiger partial charge in [0.05, 0.1) is 5.69 Å². The van der Waals surface area contributed by atoms with E-state index in [1.54, 1.807) is 0 Å². The average molecular weight is 253 g/mol. The third-order valence-electron chi connectivity index (χ3n) is 2.99. The van der Waals surface area contributed by atoms with Crippen LogP contribution < -0.4 is 5.32 Å². The fourth-order valence-corrected chi connectivity index (χ4v) is 2.06. The number of nitrogens with zero attached hydrogens (tertiary/aromatic N) is 2. The topological polar surface area (TPSA) is 39.1 Å². The summed E-state index contributed by atoms with van der Waals surface area (Å²) in [6.07, 6.45) is 5.53. The lowest BCUT2D eigenvalue weighted by Gasteiger charge is -2.16. The van der Waals surface area contributed by atoms with Gasteiger partial charge in [-0.3, -0.25) is 0 Å². The van der Waals surface area contributed by atoms with Crippen molar-refractivity contribution in [2.24, 2.45) is 0 Å². The van der Waals surface area contributed by atoms with Gasteiger partial charge >= 0.3 is 0 Å².